The number of benzene rings is 2. The minimum atomic E-state index is -4.90. The van der Waals surface area contributed by atoms with Gasteiger partial charge in [0.05, 0.1) is 16.6 Å². The minimum absolute atomic E-state index is 0.149. The normalized spacial score (nSPS) is 12.9. The molecule has 0 fully saturated rings. The molecule has 0 aliphatic heterocycles. The summed E-state index contributed by atoms with van der Waals surface area (Å²) in [6, 6.07) is 8.69. The van der Waals surface area contributed by atoms with Crippen molar-refractivity contribution >= 4 is 28.2 Å². The summed E-state index contributed by atoms with van der Waals surface area (Å²) < 4.78 is 78.6. The van der Waals surface area contributed by atoms with E-state index >= 15 is 0 Å². The molecular formula is C22H20ClF6N3. The van der Waals surface area contributed by atoms with Crippen LogP contribution in [0, 0.1) is 0 Å². The number of pyridine rings is 1. The van der Waals surface area contributed by atoms with Crippen molar-refractivity contribution in [3.63, 3.8) is 0 Å². The average molecular weight is 476 g/mol. The van der Waals surface area contributed by atoms with Gasteiger partial charge in [-0.05, 0) is 55.8 Å². The quantitative estimate of drug-likeness (QED) is 0.380. The molecule has 3 nitrogen and oxygen atoms in total. The Morgan fingerprint density at radius 2 is 1.62 bits per heavy atom. The van der Waals surface area contributed by atoms with E-state index in [9.17, 15) is 26.3 Å². The Balaban J connectivity index is 1.74. The van der Waals surface area contributed by atoms with Crippen LogP contribution in [0.3, 0.4) is 0 Å². The van der Waals surface area contributed by atoms with Crippen LogP contribution in [0.2, 0.25) is 5.02 Å². The summed E-state index contributed by atoms with van der Waals surface area (Å²) in [6.07, 6.45) is -8.15. The lowest BCUT2D eigenvalue weighted by Gasteiger charge is -2.28. The number of fused-ring (bicyclic) bond motifs is 1. The third kappa shape index (κ3) is 5.83. The second-order valence-corrected chi connectivity index (χ2v) is 8.41. The number of nitrogens with zero attached hydrogens (tertiary/aromatic N) is 1. The zero-order valence-corrected chi connectivity index (χ0v) is 17.9. The fraction of sp³-hybridized carbons (Fsp3) is 0.318. The summed E-state index contributed by atoms with van der Waals surface area (Å²) >= 11 is 5.99. The molecule has 0 bridgehead atoms. The van der Waals surface area contributed by atoms with Crippen molar-refractivity contribution < 1.29 is 26.3 Å². The van der Waals surface area contributed by atoms with Crippen molar-refractivity contribution in [1.29, 1.82) is 0 Å². The maximum atomic E-state index is 13.4. The van der Waals surface area contributed by atoms with E-state index in [0.717, 1.165) is 17.1 Å². The highest BCUT2D eigenvalue weighted by molar-refractivity contribution is 6.31. The SMILES string of the molecule is CC(C)(CNc1ccnc2cc(Cl)ccc12)NCc1ccc(C(F)(F)F)cc1C(F)(F)F. The maximum Gasteiger partial charge on any atom is 0.416 e. The van der Waals surface area contributed by atoms with Crippen molar-refractivity contribution in [2.24, 2.45) is 0 Å². The van der Waals surface area contributed by atoms with Crippen LogP contribution in [0.25, 0.3) is 10.9 Å². The molecule has 1 aromatic heterocycles. The Morgan fingerprint density at radius 3 is 2.28 bits per heavy atom. The van der Waals surface area contributed by atoms with Gasteiger partial charge in [0.15, 0.2) is 0 Å². The van der Waals surface area contributed by atoms with Gasteiger partial charge in [-0.15, -0.1) is 0 Å². The second-order valence-electron chi connectivity index (χ2n) is 7.98. The van der Waals surface area contributed by atoms with E-state index in [2.05, 4.69) is 15.6 Å². The van der Waals surface area contributed by atoms with Crippen LogP contribution in [0.15, 0.2) is 48.7 Å². The molecule has 32 heavy (non-hydrogen) atoms. The first kappa shape index (κ1) is 24.1. The third-order valence-corrected chi connectivity index (χ3v) is 5.16. The highest BCUT2D eigenvalue weighted by Gasteiger charge is 2.38. The molecule has 0 amide bonds. The third-order valence-electron chi connectivity index (χ3n) is 4.93. The number of aromatic nitrogens is 1. The van der Waals surface area contributed by atoms with Gasteiger partial charge in [0.25, 0.3) is 0 Å². The number of nitrogens with one attached hydrogen (secondary N) is 2. The van der Waals surface area contributed by atoms with Crippen LogP contribution in [0.1, 0.15) is 30.5 Å². The van der Waals surface area contributed by atoms with Crippen molar-refractivity contribution in [2.45, 2.75) is 38.3 Å². The highest BCUT2D eigenvalue weighted by Crippen LogP contribution is 2.37. The first-order chi connectivity index (χ1) is 14.8. The molecule has 172 valence electrons. The summed E-state index contributed by atoms with van der Waals surface area (Å²) in [7, 11) is 0. The molecule has 0 aliphatic rings. The van der Waals surface area contributed by atoms with Crippen LogP contribution >= 0.6 is 11.6 Å². The van der Waals surface area contributed by atoms with Gasteiger partial charge in [0.2, 0.25) is 0 Å². The van der Waals surface area contributed by atoms with E-state index in [1.54, 1.807) is 38.2 Å². The topological polar surface area (TPSA) is 37.0 Å². The molecule has 0 atom stereocenters. The van der Waals surface area contributed by atoms with E-state index < -0.39 is 29.0 Å². The number of alkyl halides is 6. The molecule has 2 N–H and O–H groups in total. The van der Waals surface area contributed by atoms with Crippen molar-refractivity contribution in [1.82, 2.24) is 10.3 Å². The fourth-order valence-electron chi connectivity index (χ4n) is 3.16. The first-order valence-electron chi connectivity index (χ1n) is 9.57. The molecule has 2 aromatic carbocycles. The Hall–Kier alpha value is -2.52. The lowest BCUT2D eigenvalue weighted by atomic mass is 10.0. The molecule has 3 aromatic rings. The smallest absolute Gasteiger partial charge is 0.383 e. The first-order valence-corrected chi connectivity index (χ1v) is 9.94. The van der Waals surface area contributed by atoms with E-state index in [1.165, 1.54) is 0 Å². The number of halogens is 7. The van der Waals surface area contributed by atoms with Gasteiger partial charge in [0.1, 0.15) is 0 Å². The second kappa shape index (κ2) is 8.78. The molecule has 3 rings (SSSR count). The standard InChI is InChI=1S/C22H20ClF6N3/c1-20(2,12-31-18-7-8-30-19-10-15(23)5-6-16(18)19)32-11-13-3-4-14(21(24,25)26)9-17(13)22(27,28)29/h3-10,32H,11-12H2,1-2H3,(H,30,31). The summed E-state index contributed by atoms with van der Waals surface area (Å²) in [4.78, 5) is 4.25. The predicted octanol–water partition coefficient (Wildman–Crippen LogP) is 6.91. The van der Waals surface area contributed by atoms with Gasteiger partial charge in [0, 0.05) is 40.9 Å². The summed E-state index contributed by atoms with van der Waals surface area (Å²) in [5, 5.41) is 7.61. The van der Waals surface area contributed by atoms with Crippen LogP contribution in [0.4, 0.5) is 32.0 Å². The Bertz CT molecular complexity index is 1110. The van der Waals surface area contributed by atoms with Gasteiger partial charge < -0.3 is 10.6 Å². The van der Waals surface area contributed by atoms with Gasteiger partial charge in [-0.1, -0.05) is 17.7 Å². The monoisotopic (exact) mass is 475 g/mol. The molecule has 0 saturated heterocycles. The zero-order chi connectivity index (χ0) is 23.7. The van der Waals surface area contributed by atoms with E-state index in [-0.39, 0.29) is 18.2 Å². The highest BCUT2D eigenvalue weighted by atomic mass is 35.5. The van der Waals surface area contributed by atoms with E-state index in [0.29, 0.717) is 23.2 Å². The van der Waals surface area contributed by atoms with Gasteiger partial charge >= 0.3 is 12.4 Å². The molecule has 10 heteroatoms. The minimum Gasteiger partial charge on any atom is -0.383 e. The maximum absolute atomic E-state index is 13.4. The van der Waals surface area contributed by atoms with E-state index in [1.807, 2.05) is 6.07 Å². The largest absolute Gasteiger partial charge is 0.416 e. The van der Waals surface area contributed by atoms with Crippen LogP contribution in [-0.2, 0) is 18.9 Å². The predicted molar refractivity (Wildman–Crippen MR) is 113 cm³/mol. The molecule has 0 radical (unpaired) electrons. The number of hydrogen-bond donors (Lipinski definition) is 2. The molecule has 0 aliphatic carbocycles. The fourth-order valence-corrected chi connectivity index (χ4v) is 3.33. The Morgan fingerprint density at radius 1 is 0.906 bits per heavy atom. The number of rotatable bonds is 6. The molecule has 0 unspecified atom stereocenters. The van der Waals surface area contributed by atoms with Crippen molar-refractivity contribution in [3.8, 4) is 0 Å². The summed E-state index contributed by atoms with van der Waals surface area (Å²) in [5.74, 6) is 0. The summed E-state index contributed by atoms with van der Waals surface area (Å²) in [6.45, 7) is 3.63. The number of hydrogen-bond acceptors (Lipinski definition) is 3. The lowest BCUT2D eigenvalue weighted by Crippen LogP contribution is -2.45. The van der Waals surface area contributed by atoms with Crippen molar-refractivity contribution in [2.75, 3.05) is 11.9 Å². The summed E-state index contributed by atoms with van der Waals surface area (Å²) in [5.41, 5.74) is -2.13. The van der Waals surface area contributed by atoms with Gasteiger partial charge in [-0.3, -0.25) is 4.98 Å². The van der Waals surface area contributed by atoms with Gasteiger partial charge in [-0.2, -0.15) is 26.3 Å². The Kier molecular flexibility index (Phi) is 6.62. The van der Waals surface area contributed by atoms with E-state index in [4.69, 9.17) is 11.6 Å². The van der Waals surface area contributed by atoms with Crippen molar-refractivity contribution in [3.05, 3.63) is 70.4 Å². The molecule has 0 saturated carbocycles. The van der Waals surface area contributed by atoms with Crippen LogP contribution in [0.5, 0.6) is 0 Å². The average Bonchev–Trinajstić information content (AvgIpc) is 2.69. The number of anilines is 1. The zero-order valence-electron chi connectivity index (χ0n) is 17.1. The molecular weight excluding hydrogens is 456 g/mol. The van der Waals surface area contributed by atoms with Gasteiger partial charge in [-0.25, -0.2) is 0 Å². The van der Waals surface area contributed by atoms with Crippen LogP contribution < -0.4 is 10.6 Å². The molecule has 1 heterocycles. The Labute approximate surface area is 185 Å². The van der Waals surface area contributed by atoms with Crippen LogP contribution in [-0.4, -0.2) is 17.1 Å². The molecule has 0 spiro atoms. The lowest BCUT2D eigenvalue weighted by molar-refractivity contribution is -0.143.